The van der Waals surface area contributed by atoms with Crippen LogP contribution >= 0.6 is 11.3 Å². The summed E-state index contributed by atoms with van der Waals surface area (Å²) >= 11 is 1.23. The molecule has 2 rings (SSSR count). The molecule has 1 heterocycles. The predicted molar refractivity (Wildman–Crippen MR) is 76.1 cm³/mol. The second kappa shape index (κ2) is 5.20. The van der Waals surface area contributed by atoms with Crippen LogP contribution in [0.15, 0.2) is 30.8 Å². The highest BCUT2D eigenvalue weighted by Crippen LogP contribution is 2.46. The number of benzene rings is 1. The second-order valence-corrected chi connectivity index (χ2v) is 5.10. The summed E-state index contributed by atoms with van der Waals surface area (Å²) < 4.78 is 38.2. The van der Waals surface area contributed by atoms with Gasteiger partial charge in [-0.25, -0.2) is 0 Å². The summed E-state index contributed by atoms with van der Waals surface area (Å²) in [5.41, 5.74) is -0.0765. The zero-order chi connectivity index (χ0) is 14.9. The fraction of sp³-hybridized carbons (Fsp3) is 0.143. The first kappa shape index (κ1) is 14.5. The minimum Gasteiger partial charge on any atom is -0.506 e. The van der Waals surface area contributed by atoms with Crippen molar-refractivity contribution in [1.82, 2.24) is 0 Å². The number of nitrogens with one attached hydrogen (secondary N) is 1. The maximum Gasteiger partial charge on any atom is 0.416 e. The van der Waals surface area contributed by atoms with E-state index >= 15 is 0 Å². The lowest BCUT2D eigenvalue weighted by Crippen LogP contribution is -2.04. The summed E-state index contributed by atoms with van der Waals surface area (Å²) in [6.45, 7) is 3.57. The molecular weight excluding hydrogens is 287 g/mol. The Bertz CT molecular complexity index is 646. The Morgan fingerprint density at radius 1 is 1.35 bits per heavy atom. The lowest BCUT2D eigenvalue weighted by Gasteiger charge is -2.09. The van der Waals surface area contributed by atoms with Crippen molar-refractivity contribution in [2.75, 3.05) is 12.4 Å². The fourth-order valence-corrected chi connectivity index (χ4v) is 2.79. The van der Waals surface area contributed by atoms with Crippen LogP contribution in [0.4, 0.5) is 18.2 Å². The number of thiophene rings is 1. The standard InChI is InChI=1S/C14H12F3NOS/c1-3-10-12(19)11(13(18-2)20-10)8-5-4-6-9(7-8)14(15,16)17/h3-7,18-19H,1H2,2H3. The molecule has 0 saturated heterocycles. The van der Waals surface area contributed by atoms with Crippen molar-refractivity contribution in [1.29, 1.82) is 0 Å². The van der Waals surface area contributed by atoms with Crippen LogP contribution in [0.1, 0.15) is 10.4 Å². The zero-order valence-electron chi connectivity index (χ0n) is 10.6. The first-order valence-electron chi connectivity index (χ1n) is 5.72. The number of hydrogen-bond acceptors (Lipinski definition) is 3. The summed E-state index contributed by atoms with van der Waals surface area (Å²) in [7, 11) is 1.65. The van der Waals surface area contributed by atoms with Crippen LogP contribution in [0.3, 0.4) is 0 Å². The summed E-state index contributed by atoms with van der Waals surface area (Å²) in [6, 6.07) is 4.88. The molecule has 0 unspecified atom stereocenters. The van der Waals surface area contributed by atoms with E-state index in [9.17, 15) is 18.3 Å². The molecule has 0 aliphatic carbocycles. The van der Waals surface area contributed by atoms with Crippen LogP contribution in [0, 0.1) is 0 Å². The van der Waals surface area contributed by atoms with Crippen LogP contribution in [0.25, 0.3) is 17.2 Å². The average Bonchev–Trinajstić information content (AvgIpc) is 2.74. The van der Waals surface area contributed by atoms with Gasteiger partial charge >= 0.3 is 6.18 Å². The Balaban J connectivity index is 2.62. The van der Waals surface area contributed by atoms with Gasteiger partial charge in [0.15, 0.2) is 0 Å². The summed E-state index contributed by atoms with van der Waals surface area (Å²) in [5, 5.41) is 13.6. The lowest BCUT2D eigenvalue weighted by molar-refractivity contribution is -0.137. The lowest BCUT2D eigenvalue weighted by atomic mass is 10.0. The van der Waals surface area contributed by atoms with Crippen molar-refractivity contribution >= 4 is 22.4 Å². The Kier molecular flexibility index (Phi) is 3.76. The van der Waals surface area contributed by atoms with Gasteiger partial charge < -0.3 is 10.4 Å². The third-order valence-corrected chi connectivity index (χ3v) is 3.99. The van der Waals surface area contributed by atoms with Gasteiger partial charge in [0.1, 0.15) is 10.8 Å². The zero-order valence-corrected chi connectivity index (χ0v) is 11.4. The van der Waals surface area contributed by atoms with Crippen LogP contribution in [-0.4, -0.2) is 12.2 Å². The van der Waals surface area contributed by atoms with Gasteiger partial charge in [-0.2, -0.15) is 13.2 Å². The molecule has 0 atom stereocenters. The molecule has 0 amide bonds. The minimum atomic E-state index is -4.41. The van der Waals surface area contributed by atoms with E-state index in [0.717, 1.165) is 12.1 Å². The summed E-state index contributed by atoms with van der Waals surface area (Å²) in [5.74, 6) is -0.0614. The first-order chi connectivity index (χ1) is 9.38. The normalized spacial score (nSPS) is 11.4. The van der Waals surface area contributed by atoms with E-state index in [0.29, 0.717) is 21.0 Å². The Hall–Kier alpha value is -1.95. The quantitative estimate of drug-likeness (QED) is 0.851. The van der Waals surface area contributed by atoms with Crippen molar-refractivity contribution in [2.24, 2.45) is 0 Å². The molecule has 20 heavy (non-hydrogen) atoms. The van der Waals surface area contributed by atoms with Crippen molar-refractivity contribution in [3.63, 3.8) is 0 Å². The first-order valence-corrected chi connectivity index (χ1v) is 6.53. The number of alkyl halides is 3. The van der Waals surface area contributed by atoms with Crippen LogP contribution in [0.5, 0.6) is 5.75 Å². The molecular formula is C14H12F3NOS. The molecule has 0 spiro atoms. The molecule has 1 aromatic carbocycles. The Morgan fingerprint density at radius 2 is 2.05 bits per heavy atom. The average molecular weight is 299 g/mol. The number of halogens is 3. The Morgan fingerprint density at radius 3 is 2.60 bits per heavy atom. The monoisotopic (exact) mass is 299 g/mol. The molecule has 0 radical (unpaired) electrons. The number of hydrogen-bond donors (Lipinski definition) is 2. The van der Waals surface area contributed by atoms with Crippen LogP contribution in [-0.2, 0) is 6.18 Å². The van der Waals surface area contributed by atoms with E-state index in [4.69, 9.17) is 0 Å². The van der Waals surface area contributed by atoms with Crippen LogP contribution < -0.4 is 5.32 Å². The molecule has 0 fully saturated rings. The van der Waals surface area contributed by atoms with Crippen molar-refractivity contribution in [3.8, 4) is 16.9 Å². The van der Waals surface area contributed by atoms with Crippen LogP contribution in [0.2, 0.25) is 0 Å². The number of rotatable bonds is 3. The molecule has 0 saturated carbocycles. The molecule has 6 heteroatoms. The van der Waals surface area contributed by atoms with E-state index in [1.165, 1.54) is 29.5 Å². The minimum absolute atomic E-state index is 0.0614. The molecule has 0 aliphatic heterocycles. The SMILES string of the molecule is C=Cc1sc(NC)c(-c2cccc(C(F)(F)F)c2)c1O. The summed E-state index contributed by atoms with van der Waals surface area (Å²) in [6.07, 6.45) is -2.94. The van der Waals surface area contributed by atoms with E-state index in [1.54, 1.807) is 7.05 Å². The highest BCUT2D eigenvalue weighted by Gasteiger charge is 2.31. The maximum absolute atomic E-state index is 12.7. The van der Waals surface area contributed by atoms with Gasteiger partial charge in [0, 0.05) is 7.05 Å². The van der Waals surface area contributed by atoms with Crippen molar-refractivity contribution in [3.05, 3.63) is 41.3 Å². The second-order valence-electron chi connectivity index (χ2n) is 4.05. The van der Waals surface area contributed by atoms with Gasteiger partial charge in [-0.3, -0.25) is 0 Å². The van der Waals surface area contributed by atoms with Gasteiger partial charge in [0.05, 0.1) is 16.0 Å². The van der Waals surface area contributed by atoms with Gasteiger partial charge in [0.2, 0.25) is 0 Å². The molecule has 1 aromatic heterocycles. The van der Waals surface area contributed by atoms with Gasteiger partial charge in [-0.1, -0.05) is 18.7 Å². The van der Waals surface area contributed by atoms with E-state index in [1.807, 2.05) is 0 Å². The van der Waals surface area contributed by atoms with Gasteiger partial charge in [-0.15, -0.1) is 11.3 Å². The summed E-state index contributed by atoms with van der Waals surface area (Å²) in [4.78, 5) is 0.516. The number of anilines is 1. The third kappa shape index (κ3) is 2.51. The third-order valence-electron chi connectivity index (χ3n) is 2.80. The molecule has 2 nitrogen and oxygen atoms in total. The maximum atomic E-state index is 12.7. The van der Waals surface area contributed by atoms with E-state index in [2.05, 4.69) is 11.9 Å². The number of aromatic hydroxyl groups is 1. The van der Waals surface area contributed by atoms with Gasteiger partial charge in [-0.05, 0) is 23.8 Å². The largest absolute Gasteiger partial charge is 0.506 e. The van der Waals surface area contributed by atoms with E-state index in [-0.39, 0.29) is 5.75 Å². The van der Waals surface area contributed by atoms with Gasteiger partial charge in [0.25, 0.3) is 0 Å². The van der Waals surface area contributed by atoms with E-state index < -0.39 is 11.7 Å². The van der Waals surface area contributed by atoms with Crippen molar-refractivity contribution in [2.45, 2.75) is 6.18 Å². The predicted octanol–water partition coefficient (Wildman–Crippen LogP) is 4.82. The highest BCUT2D eigenvalue weighted by atomic mass is 32.1. The Labute approximate surface area is 118 Å². The molecule has 0 aliphatic rings. The highest BCUT2D eigenvalue weighted by molar-refractivity contribution is 7.18. The molecule has 106 valence electrons. The van der Waals surface area contributed by atoms with Crippen molar-refractivity contribution < 1.29 is 18.3 Å². The molecule has 0 bridgehead atoms. The fourth-order valence-electron chi connectivity index (χ4n) is 1.87. The molecule has 2 aromatic rings. The smallest absolute Gasteiger partial charge is 0.416 e. The topological polar surface area (TPSA) is 32.3 Å². The molecule has 2 N–H and O–H groups in total.